The first kappa shape index (κ1) is 19.4. The van der Waals surface area contributed by atoms with Gasteiger partial charge in [0.05, 0.1) is 5.56 Å². The third-order valence-corrected chi connectivity index (χ3v) is 7.17. The molecule has 2 heterocycles. The third-order valence-electron chi connectivity index (χ3n) is 5.33. The zero-order valence-corrected chi connectivity index (χ0v) is 16.8. The van der Waals surface area contributed by atoms with Gasteiger partial charge in [-0.1, -0.05) is 12.1 Å². The van der Waals surface area contributed by atoms with Gasteiger partial charge in [0.2, 0.25) is 5.91 Å². The van der Waals surface area contributed by atoms with E-state index in [1.165, 1.54) is 31.4 Å². The maximum absolute atomic E-state index is 12.5. The lowest BCUT2D eigenvalue weighted by molar-refractivity contribution is -0.116. The molecule has 2 aromatic carbocycles. The van der Waals surface area contributed by atoms with E-state index in [-0.39, 0.29) is 29.3 Å². The fraction of sp³-hybridized carbons (Fsp3) is 0.333. The molecule has 0 aromatic heterocycles. The second kappa shape index (κ2) is 7.87. The van der Waals surface area contributed by atoms with E-state index in [9.17, 15) is 18.0 Å². The molecule has 0 aliphatic carbocycles. The van der Waals surface area contributed by atoms with Gasteiger partial charge in [-0.05, 0) is 55.7 Å². The van der Waals surface area contributed by atoms with Crippen molar-refractivity contribution in [2.45, 2.75) is 30.6 Å². The van der Waals surface area contributed by atoms with E-state index in [0.717, 1.165) is 23.1 Å². The van der Waals surface area contributed by atoms with Crippen LogP contribution in [0.4, 0.5) is 11.4 Å². The third kappa shape index (κ3) is 3.85. The van der Waals surface area contributed by atoms with E-state index in [1.54, 1.807) is 12.1 Å². The molecule has 1 N–H and O–H groups in total. The average Bonchev–Trinajstić information content (AvgIpc) is 2.93. The number of hydrogen-bond donors (Lipinski definition) is 1. The zero-order chi connectivity index (χ0) is 20.4. The zero-order valence-electron chi connectivity index (χ0n) is 16.0. The number of carbonyl (C=O) groups is 2. The van der Waals surface area contributed by atoms with Crippen molar-refractivity contribution in [1.82, 2.24) is 4.31 Å². The van der Waals surface area contributed by atoms with Crippen LogP contribution in [0, 0.1) is 0 Å². The first-order chi connectivity index (χ1) is 14.0. The summed E-state index contributed by atoms with van der Waals surface area (Å²) >= 11 is 0. The van der Waals surface area contributed by atoms with Crippen molar-refractivity contribution in [3.63, 3.8) is 0 Å². The summed E-state index contributed by atoms with van der Waals surface area (Å²) in [5.41, 5.74) is 1.94. The van der Waals surface area contributed by atoms with Crippen LogP contribution < -0.4 is 10.2 Å². The summed E-state index contributed by atoms with van der Waals surface area (Å²) in [5, 5.41) is 2.77. The van der Waals surface area contributed by atoms with Crippen LogP contribution in [0.1, 0.15) is 36.0 Å². The van der Waals surface area contributed by atoms with Crippen LogP contribution in [0.5, 0.6) is 0 Å². The summed E-state index contributed by atoms with van der Waals surface area (Å²) < 4.78 is 25.8. The summed E-state index contributed by atoms with van der Waals surface area (Å²) in [7, 11) is -3.88. The van der Waals surface area contributed by atoms with E-state index >= 15 is 0 Å². The van der Waals surface area contributed by atoms with Crippen molar-refractivity contribution in [1.29, 1.82) is 0 Å². The molecular weight excluding hydrogens is 390 g/mol. The highest BCUT2D eigenvalue weighted by molar-refractivity contribution is 7.90. The van der Waals surface area contributed by atoms with Gasteiger partial charge < -0.3 is 10.2 Å². The fourth-order valence-corrected chi connectivity index (χ4v) is 5.36. The van der Waals surface area contributed by atoms with Gasteiger partial charge in [0, 0.05) is 37.4 Å². The van der Waals surface area contributed by atoms with Gasteiger partial charge in [0.25, 0.3) is 15.9 Å². The minimum absolute atomic E-state index is 0.00119. The number of carbonyl (C=O) groups excluding carboxylic acids is 2. The van der Waals surface area contributed by atoms with Gasteiger partial charge in [0.1, 0.15) is 4.90 Å². The standard InChI is InChI=1S/C21H23N3O4S/c25-20(22-16-8-10-17(11-9-16)23-13-4-1-5-14-23)12-15-24-21(26)18-6-2-3-7-19(18)29(24,27)28/h2-3,6-11H,1,4-5,12-15H2,(H,22,25). The Kier molecular flexibility index (Phi) is 5.27. The largest absolute Gasteiger partial charge is 0.372 e. The van der Waals surface area contributed by atoms with Crippen molar-refractivity contribution in [3.05, 3.63) is 54.1 Å². The van der Waals surface area contributed by atoms with E-state index in [4.69, 9.17) is 0 Å². The number of amides is 2. The Morgan fingerprint density at radius 2 is 1.66 bits per heavy atom. The van der Waals surface area contributed by atoms with Crippen molar-refractivity contribution in [2.24, 2.45) is 0 Å². The predicted molar refractivity (Wildman–Crippen MR) is 110 cm³/mol. The Labute approximate surface area is 170 Å². The van der Waals surface area contributed by atoms with Crippen molar-refractivity contribution in [2.75, 3.05) is 29.9 Å². The highest BCUT2D eigenvalue weighted by Crippen LogP contribution is 2.30. The molecule has 1 fully saturated rings. The summed E-state index contributed by atoms with van der Waals surface area (Å²) in [5.74, 6) is -0.922. The number of fused-ring (bicyclic) bond motifs is 1. The van der Waals surface area contributed by atoms with Crippen LogP contribution in [0.3, 0.4) is 0 Å². The summed E-state index contributed by atoms with van der Waals surface area (Å²) in [6.07, 6.45) is 3.55. The fourth-order valence-electron chi connectivity index (χ4n) is 3.79. The molecule has 2 aliphatic rings. The average molecular weight is 413 g/mol. The molecule has 8 heteroatoms. The van der Waals surface area contributed by atoms with E-state index < -0.39 is 15.9 Å². The minimum atomic E-state index is -3.88. The smallest absolute Gasteiger partial charge is 0.269 e. The molecule has 0 bridgehead atoms. The highest BCUT2D eigenvalue weighted by atomic mass is 32.2. The molecule has 2 amide bonds. The number of piperidine rings is 1. The molecule has 2 aromatic rings. The molecule has 0 unspecified atom stereocenters. The second-order valence-corrected chi connectivity index (χ2v) is 9.10. The second-order valence-electron chi connectivity index (χ2n) is 7.27. The number of anilines is 2. The first-order valence-electron chi connectivity index (χ1n) is 9.78. The molecule has 4 rings (SSSR count). The Morgan fingerprint density at radius 3 is 2.34 bits per heavy atom. The maximum Gasteiger partial charge on any atom is 0.269 e. The van der Waals surface area contributed by atoms with Crippen LogP contribution in [0.15, 0.2) is 53.4 Å². The maximum atomic E-state index is 12.5. The molecule has 0 radical (unpaired) electrons. The van der Waals surface area contributed by atoms with Crippen LogP contribution in [-0.4, -0.2) is 44.2 Å². The number of benzene rings is 2. The normalized spacial score (nSPS) is 17.9. The molecule has 0 saturated carbocycles. The van der Waals surface area contributed by atoms with Crippen LogP contribution >= 0.6 is 0 Å². The molecule has 7 nitrogen and oxygen atoms in total. The first-order valence-corrected chi connectivity index (χ1v) is 11.2. The van der Waals surface area contributed by atoms with Gasteiger partial charge in [-0.2, -0.15) is 0 Å². The Balaban J connectivity index is 1.35. The van der Waals surface area contributed by atoms with E-state index in [1.807, 2.05) is 24.3 Å². The lowest BCUT2D eigenvalue weighted by atomic mass is 10.1. The molecular formula is C21H23N3O4S. The quantitative estimate of drug-likeness (QED) is 0.815. The molecule has 0 spiro atoms. The van der Waals surface area contributed by atoms with E-state index in [0.29, 0.717) is 5.69 Å². The Hall–Kier alpha value is -2.87. The molecule has 1 saturated heterocycles. The Morgan fingerprint density at radius 1 is 0.966 bits per heavy atom. The Bertz CT molecular complexity index is 1030. The van der Waals surface area contributed by atoms with Crippen molar-refractivity contribution < 1.29 is 18.0 Å². The molecule has 0 atom stereocenters. The van der Waals surface area contributed by atoms with E-state index in [2.05, 4.69) is 10.2 Å². The van der Waals surface area contributed by atoms with Crippen LogP contribution in [0.25, 0.3) is 0 Å². The molecule has 29 heavy (non-hydrogen) atoms. The summed E-state index contributed by atoms with van der Waals surface area (Å²) in [6, 6.07) is 13.7. The topological polar surface area (TPSA) is 86.8 Å². The van der Waals surface area contributed by atoms with Gasteiger partial charge in [-0.15, -0.1) is 0 Å². The van der Waals surface area contributed by atoms with Gasteiger partial charge in [0.15, 0.2) is 0 Å². The van der Waals surface area contributed by atoms with Gasteiger partial charge >= 0.3 is 0 Å². The monoisotopic (exact) mass is 413 g/mol. The predicted octanol–water partition coefficient (Wildman–Crippen LogP) is 2.85. The van der Waals surface area contributed by atoms with Gasteiger partial charge in [-0.3, -0.25) is 9.59 Å². The molecule has 2 aliphatic heterocycles. The number of hydrogen-bond acceptors (Lipinski definition) is 5. The number of rotatable bonds is 5. The van der Waals surface area contributed by atoms with Crippen molar-refractivity contribution >= 4 is 33.2 Å². The van der Waals surface area contributed by atoms with Crippen molar-refractivity contribution in [3.8, 4) is 0 Å². The number of sulfonamides is 1. The van der Waals surface area contributed by atoms with Crippen LogP contribution in [-0.2, 0) is 14.8 Å². The molecule has 152 valence electrons. The number of nitrogens with one attached hydrogen (secondary N) is 1. The highest BCUT2D eigenvalue weighted by Gasteiger charge is 2.40. The van der Waals surface area contributed by atoms with Crippen LogP contribution in [0.2, 0.25) is 0 Å². The minimum Gasteiger partial charge on any atom is -0.372 e. The number of nitrogens with zero attached hydrogens (tertiary/aromatic N) is 2. The van der Waals surface area contributed by atoms with Gasteiger partial charge in [-0.25, -0.2) is 12.7 Å². The lowest BCUT2D eigenvalue weighted by Crippen LogP contribution is -2.33. The lowest BCUT2D eigenvalue weighted by Gasteiger charge is -2.28. The summed E-state index contributed by atoms with van der Waals surface area (Å²) in [6.45, 7) is 1.91. The SMILES string of the molecule is O=C(CCN1C(=O)c2ccccc2S1(=O)=O)Nc1ccc(N2CCCCC2)cc1. The summed E-state index contributed by atoms with van der Waals surface area (Å²) in [4.78, 5) is 27.0.